The van der Waals surface area contributed by atoms with Crippen molar-refractivity contribution in [3.8, 4) is 0 Å². The predicted molar refractivity (Wildman–Crippen MR) is 88.2 cm³/mol. The van der Waals surface area contributed by atoms with E-state index >= 15 is 0 Å². The van der Waals surface area contributed by atoms with E-state index < -0.39 is 0 Å². The van der Waals surface area contributed by atoms with Crippen molar-refractivity contribution in [2.24, 2.45) is 5.92 Å². The zero-order valence-corrected chi connectivity index (χ0v) is 14.3. The van der Waals surface area contributed by atoms with Crippen LogP contribution in [-0.2, 0) is 9.59 Å². The molecule has 1 aromatic carbocycles. The van der Waals surface area contributed by atoms with Gasteiger partial charge in [0.05, 0.1) is 6.04 Å². The van der Waals surface area contributed by atoms with Crippen molar-refractivity contribution in [2.45, 2.75) is 44.7 Å². The Morgan fingerprint density at radius 2 is 1.91 bits per heavy atom. The molecule has 2 atom stereocenters. The fourth-order valence-corrected chi connectivity index (χ4v) is 3.28. The van der Waals surface area contributed by atoms with E-state index in [0.717, 1.165) is 42.3 Å². The third kappa shape index (κ3) is 3.35. The predicted octanol–water partition coefficient (Wildman–Crippen LogP) is 3.03. The van der Waals surface area contributed by atoms with Gasteiger partial charge in [0.15, 0.2) is 0 Å². The van der Waals surface area contributed by atoms with Gasteiger partial charge in [-0.25, -0.2) is 0 Å². The Balaban J connectivity index is 1.62. The molecule has 2 amide bonds. The average Bonchev–Trinajstić information content (AvgIpc) is 3.23. The lowest BCUT2D eigenvalue weighted by Crippen LogP contribution is -2.47. The average molecular weight is 365 g/mol. The smallest absolute Gasteiger partial charge is 0.243 e. The highest BCUT2D eigenvalue weighted by molar-refractivity contribution is 9.10. The standard InChI is InChI=1S/C17H21BrN2O2/c1-11(12-6-8-14(18)9-7-12)19-16(21)15-3-2-10-20(15)17(22)13-4-5-13/h6-9,11,13,15H,2-5,10H2,1H3,(H,19,21)/t11-,15-/m1/s1. The minimum absolute atomic E-state index is 0.0260. The molecule has 1 saturated carbocycles. The Kier molecular flexibility index (Phi) is 4.52. The van der Waals surface area contributed by atoms with Crippen molar-refractivity contribution in [3.63, 3.8) is 0 Å². The summed E-state index contributed by atoms with van der Waals surface area (Å²) in [6, 6.07) is 7.59. The zero-order chi connectivity index (χ0) is 15.7. The van der Waals surface area contributed by atoms with Crippen LogP contribution in [0.5, 0.6) is 0 Å². The van der Waals surface area contributed by atoms with Crippen LogP contribution in [0.2, 0.25) is 0 Å². The van der Waals surface area contributed by atoms with Crippen LogP contribution in [0.15, 0.2) is 28.7 Å². The van der Waals surface area contributed by atoms with Gasteiger partial charge in [0.25, 0.3) is 0 Å². The number of likely N-dealkylation sites (tertiary alicyclic amines) is 1. The van der Waals surface area contributed by atoms with Crippen LogP contribution in [0, 0.1) is 5.92 Å². The zero-order valence-electron chi connectivity index (χ0n) is 12.7. The maximum absolute atomic E-state index is 12.5. The Bertz CT molecular complexity index is 569. The van der Waals surface area contributed by atoms with E-state index in [9.17, 15) is 9.59 Å². The quantitative estimate of drug-likeness (QED) is 0.892. The molecule has 5 heteroatoms. The fourth-order valence-electron chi connectivity index (χ4n) is 3.01. The largest absolute Gasteiger partial charge is 0.348 e. The van der Waals surface area contributed by atoms with Crippen molar-refractivity contribution in [1.29, 1.82) is 0 Å². The lowest BCUT2D eigenvalue weighted by atomic mass is 10.1. The lowest BCUT2D eigenvalue weighted by Gasteiger charge is -2.25. The van der Waals surface area contributed by atoms with Gasteiger partial charge in [-0.2, -0.15) is 0 Å². The first-order chi connectivity index (χ1) is 10.6. The number of halogens is 1. The van der Waals surface area contributed by atoms with Crippen LogP contribution in [-0.4, -0.2) is 29.3 Å². The monoisotopic (exact) mass is 364 g/mol. The van der Waals surface area contributed by atoms with Gasteiger partial charge in [0.1, 0.15) is 6.04 Å². The Morgan fingerprint density at radius 1 is 1.23 bits per heavy atom. The third-order valence-corrected chi connectivity index (χ3v) is 5.02. The summed E-state index contributed by atoms with van der Waals surface area (Å²) in [5.41, 5.74) is 1.06. The van der Waals surface area contributed by atoms with Gasteiger partial charge in [-0.1, -0.05) is 28.1 Å². The van der Waals surface area contributed by atoms with Gasteiger partial charge in [0.2, 0.25) is 11.8 Å². The molecular weight excluding hydrogens is 344 g/mol. The van der Waals surface area contributed by atoms with Crippen LogP contribution in [0.3, 0.4) is 0 Å². The van der Waals surface area contributed by atoms with Crippen molar-refractivity contribution in [3.05, 3.63) is 34.3 Å². The van der Waals surface area contributed by atoms with Crippen molar-refractivity contribution >= 4 is 27.7 Å². The molecular formula is C17H21BrN2O2. The summed E-state index contributed by atoms with van der Waals surface area (Å²) in [7, 11) is 0. The molecule has 3 rings (SSSR count). The second kappa shape index (κ2) is 6.41. The summed E-state index contributed by atoms with van der Waals surface area (Å²) in [6.07, 6.45) is 3.67. The van der Waals surface area contributed by atoms with Gasteiger partial charge >= 0.3 is 0 Å². The molecule has 22 heavy (non-hydrogen) atoms. The summed E-state index contributed by atoms with van der Waals surface area (Å²) in [5.74, 6) is 0.327. The third-order valence-electron chi connectivity index (χ3n) is 4.49. The van der Waals surface area contributed by atoms with Gasteiger partial charge in [-0.05, 0) is 50.3 Å². The molecule has 0 aromatic heterocycles. The first-order valence-electron chi connectivity index (χ1n) is 7.92. The summed E-state index contributed by atoms with van der Waals surface area (Å²) < 4.78 is 1.02. The van der Waals surface area contributed by atoms with Crippen molar-refractivity contribution in [2.75, 3.05) is 6.54 Å². The first-order valence-corrected chi connectivity index (χ1v) is 8.72. The minimum atomic E-state index is -0.286. The number of benzene rings is 1. The van der Waals surface area contributed by atoms with E-state index in [1.54, 1.807) is 4.90 Å². The maximum Gasteiger partial charge on any atom is 0.243 e. The molecule has 0 spiro atoms. The number of rotatable bonds is 4. The molecule has 1 heterocycles. The number of carbonyl (C=O) groups is 2. The number of hydrogen-bond donors (Lipinski definition) is 1. The number of amides is 2. The maximum atomic E-state index is 12.5. The van der Waals surface area contributed by atoms with Crippen LogP contribution in [0.25, 0.3) is 0 Å². The van der Waals surface area contributed by atoms with Gasteiger partial charge < -0.3 is 10.2 Å². The molecule has 0 unspecified atom stereocenters. The first kappa shape index (κ1) is 15.5. The van der Waals surface area contributed by atoms with Crippen LogP contribution < -0.4 is 5.32 Å². The molecule has 1 aliphatic heterocycles. The fraction of sp³-hybridized carbons (Fsp3) is 0.529. The number of hydrogen-bond acceptors (Lipinski definition) is 2. The normalized spacial score (nSPS) is 22.5. The van der Waals surface area contributed by atoms with Crippen LogP contribution in [0.4, 0.5) is 0 Å². The second-order valence-electron chi connectivity index (χ2n) is 6.25. The molecule has 0 bridgehead atoms. The number of nitrogens with zero attached hydrogens (tertiary/aromatic N) is 1. The van der Waals surface area contributed by atoms with Crippen LogP contribution in [0.1, 0.15) is 44.2 Å². The highest BCUT2D eigenvalue weighted by Crippen LogP contribution is 2.33. The second-order valence-corrected chi connectivity index (χ2v) is 7.16. The van der Waals surface area contributed by atoms with E-state index in [-0.39, 0.29) is 29.8 Å². The lowest BCUT2D eigenvalue weighted by molar-refractivity contribution is -0.139. The summed E-state index contributed by atoms with van der Waals surface area (Å²) in [4.78, 5) is 26.6. The highest BCUT2D eigenvalue weighted by Gasteiger charge is 2.40. The van der Waals surface area contributed by atoms with Gasteiger partial charge in [-0.15, -0.1) is 0 Å². The van der Waals surface area contributed by atoms with Crippen molar-refractivity contribution < 1.29 is 9.59 Å². The summed E-state index contributed by atoms with van der Waals surface area (Å²) in [5, 5.41) is 3.05. The topological polar surface area (TPSA) is 49.4 Å². The van der Waals surface area contributed by atoms with E-state index in [4.69, 9.17) is 0 Å². The SMILES string of the molecule is C[C@@H](NC(=O)[C@H]1CCCN1C(=O)C1CC1)c1ccc(Br)cc1. The van der Waals surface area contributed by atoms with Crippen LogP contribution >= 0.6 is 15.9 Å². The Morgan fingerprint density at radius 3 is 2.55 bits per heavy atom. The van der Waals surface area contributed by atoms with Gasteiger partial charge in [0, 0.05) is 16.9 Å². The number of nitrogens with one attached hydrogen (secondary N) is 1. The molecule has 0 radical (unpaired) electrons. The van der Waals surface area contributed by atoms with E-state index in [0.29, 0.717) is 0 Å². The molecule has 2 fully saturated rings. The molecule has 2 aliphatic rings. The van der Waals surface area contributed by atoms with E-state index in [1.807, 2.05) is 31.2 Å². The Hall–Kier alpha value is -1.36. The van der Waals surface area contributed by atoms with E-state index in [2.05, 4.69) is 21.2 Å². The summed E-state index contributed by atoms with van der Waals surface area (Å²) >= 11 is 3.41. The van der Waals surface area contributed by atoms with E-state index in [1.165, 1.54) is 0 Å². The van der Waals surface area contributed by atoms with Crippen molar-refractivity contribution in [1.82, 2.24) is 10.2 Å². The number of carbonyl (C=O) groups excluding carboxylic acids is 2. The summed E-state index contributed by atoms with van der Waals surface area (Å²) in [6.45, 7) is 2.70. The molecule has 118 valence electrons. The molecule has 1 saturated heterocycles. The molecule has 1 aromatic rings. The molecule has 1 aliphatic carbocycles. The van der Waals surface area contributed by atoms with Gasteiger partial charge in [-0.3, -0.25) is 9.59 Å². The minimum Gasteiger partial charge on any atom is -0.348 e. The Labute approximate surface area is 139 Å². The molecule has 1 N–H and O–H groups in total. The highest BCUT2D eigenvalue weighted by atomic mass is 79.9. The molecule has 4 nitrogen and oxygen atoms in total.